The van der Waals surface area contributed by atoms with Crippen LogP contribution in [0, 0.1) is 17.0 Å². The Morgan fingerprint density at radius 3 is 2.75 bits per heavy atom. The maximum absolute atomic E-state index is 10.8. The monoisotopic (exact) mass is 222 g/mol. The van der Waals surface area contributed by atoms with Gasteiger partial charge in [0.1, 0.15) is 6.61 Å². The summed E-state index contributed by atoms with van der Waals surface area (Å²) in [5.41, 5.74) is 2.25. The Kier molecular flexibility index (Phi) is 3.99. The third kappa shape index (κ3) is 3.05. The molecular weight excluding hydrogens is 208 g/mol. The van der Waals surface area contributed by atoms with Gasteiger partial charge in [-0.1, -0.05) is 17.3 Å². The van der Waals surface area contributed by atoms with Gasteiger partial charge in [-0.3, -0.25) is 10.1 Å². The zero-order valence-electron chi connectivity index (χ0n) is 9.56. The van der Waals surface area contributed by atoms with Crippen LogP contribution in [0.25, 0.3) is 0 Å². The van der Waals surface area contributed by atoms with Crippen molar-refractivity contribution in [3.63, 3.8) is 0 Å². The molecule has 0 aromatic heterocycles. The van der Waals surface area contributed by atoms with Crippen LogP contribution >= 0.6 is 0 Å². The molecule has 5 heteroatoms. The highest BCUT2D eigenvalue weighted by Gasteiger charge is 2.15. The summed E-state index contributed by atoms with van der Waals surface area (Å²) < 4.78 is 0. The first-order valence-corrected chi connectivity index (χ1v) is 4.88. The predicted octanol–water partition coefficient (Wildman–Crippen LogP) is 2.82. The second-order valence-corrected chi connectivity index (χ2v) is 3.64. The van der Waals surface area contributed by atoms with E-state index in [2.05, 4.69) is 5.16 Å². The summed E-state index contributed by atoms with van der Waals surface area (Å²) in [6.45, 7) is 5.53. The van der Waals surface area contributed by atoms with Crippen LogP contribution in [-0.4, -0.2) is 10.6 Å². The summed E-state index contributed by atoms with van der Waals surface area (Å²) in [5.74, 6) is 0. The van der Waals surface area contributed by atoms with Gasteiger partial charge < -0.3 is 4.84 Å². The molecule has 0 heterocycles. The smallest absolute Gasteiger partial charge is 0.276 e. The first-order chi connectivity index (χ1) is 7.52. The average molecular weight is 222 g/mol. The van der Waals surface area contributed by atoms with Crippen LogP contribution in [0.2, 0.25) is 0 Å². The molecule has 0 fully saturated rings. The lowest BCUT2D eigenvalue weighted by Gasteiger charge is -2.05. The van der Waals surface area contributed by atoms with Gasteiger partial charge in [0.25, 0.3) is 5.69 Å². The minimum Gasteiger partial charge on any atom is -0.391 e. The molecule has 0 atom stereocenters. The fraction of sp³-hybridized carbons (Fsp3) is 0.364. The summed E-state index contributed by atoms with van der Waals surface area (Å²) in [4.78, 5) is 15.4. The van der Waals surface area contributed by atoms with Crippen LogP contribution in [0.3, 0.4) is 0 Å². The lowest BCUT2D eigenvalue weighted by atomic mass is 10.1. The maximum atomic E-state index is 10.8. The van der Waals surface area contributed by atoms with Crippen molar-refractivity contribution in [2.45, 2.75) is 27.4 Å². The molecule has 0 aliphatic rings. The minimum absolute atomic E-state index is 0.0731. The quantitative estimate of drug-likeness (QED) is 0.447. The van der Waals surface area contributed by atoms with Crippen molar-refractivity contribution in [2.75, 3.05) is 0 Å². The van der Waals surface area contributed by atoms with Gasteiger partial charge in [0.15, 0.2) is 0 Å². The van der Waals surface area contributed by atoms with E-state index in [1.54, 1.807) is 19.9 Å². The van der Waals surface area contributed by atoms with Crippen LogP contribution in [0.15, 0.2) is 23.4 Å². The standard InChI is InChI=1S/C11H14N2O3/c1-8(2)12-16-7-10-9(3)5-4-6-11(10)13(14)15/h4-6H,7H2,1-3H3. The van der Waals surface area contributed by atoms with Crippen molar-refractivity contribution < 1.29 is 9.76 Å². The Bertz CT molecular complexity index is 423. The molecule has 0 saturated carbocycles. The molecule has 0 unspecified atom stereocenters. The zero-order valence-corrected chi connectivity index (χ0v) is 9.56. The Morgan fingerprint density at radius 1 is 1.50 bits per heavy atom. The highest BCUT2D eigenvalue weighted by atomic mass is 16.6. The predicted molar refractivity (Wildman–Crippen MR) is 61.4 cm³/mol. The third-order valence-corrected chi connectivity index (χ3v) is 2.04. The molecule has 0 aliphatic heterocycles. The molecule has 0 N–H and O–H groups in total. The molecule has 1 aromatic rings. The second-order valence-electron chi connectivity index (χ2n) is 3.64. The number of nitro groups is 1. The first-order valence-electron chi connectivity index (χ1n) is 4.88. The Hall–Kier alpha value is -1.91. The highest BCUT2D eigenvalue weighted by Crippen LogP contribution is 2.22. The lowest BCUT2D eigenvalue weighted by Crippen LogP contribution is -1.99. The fourth-order valence-electron chi connectivity index (χ4n) is 1.27. The van der Waals surface area contributed by atoms with Gasteiger partial charge in [-0.15, -0.1) is 0 Å². The van der Waals surface area contributed by atoms with E-state index in [9.17, 15) is 10.1 Å². The van der Waals surface area contributed by atoms with E-state index in [4.69, 9.17) is 4.84 Å². The Morgan fingerprint density at radius 2 is 2.19 bits per heavy atom. The maximum Gasteiger partial charge on any atom is 0.276 e. The topological polar surface area (TPSA) is 64.7 Å². The molecule has 1 rings (SSSR count). The number of hydrogen-bond donors (Lipinski definition) is 0. The van der Waals surface area contributed by atoms with Crippen molar-refractivity contribution in [1.29, 1.82) is 0 Å². The van der Waals surface area contributed by atoms with Gasteiger partial charge >= 0.3 is 0 Å². The van der Waals surface area contributed by atoms with E-state index in [0.717, 1.165) is 11.3 Å². The van der Waals surface area contributed by atoms with Gasteiger partial charge in [0.2, 0.25) is 0 Å². The largest absolute Gasteiger partial charge is 0.391 e. The Balaban J connectivity index is 2.93. The van der Waals surface area contributed by atoms with E-state index >= 15 is 0 Å². The van der Waals surface area contributed by atoms with Crippen molar-refractivity contribution in [3.8, 4) is 0 Å². The number of nitrogens with zero attached hydrogens (tertiary/aromatic N) is 2. The van der Waals surface area contributed by atoms with E-state index in [0.29, 0.717) is 5.56 Å². The number of rotatable bonds is 4. The summed E-state index contributed by atoms with van der Waals surface area (Å²) >= 11 is 0. The molecule has 0 amide bonds. The molecule has 0 saturated heterocycles. The van der Waals surface area contributed by atoms with Crippen LogP contribution in [0.1, 0.15) is 25.0 Å². The fourth-order valence-corrected chi connectivity index (χ4v) is 1.27. The molecule has 16 heavy (non-hydrogen) atoms. The summed E-state index contributed by atoms with van der Waals surface area (Å²) in [5, 5.41) is 14.5. The van der Waals surface area contributed by atoms with Crippen molar-refractivity contribution in [3.05, 3.63) is 39.4 Å². The van der Waals surface area contributed by atoms with Gasteiger partial charge in [0.05, 0.1) is 16.2 Å². The summed E-state index contributed by atoms with van der Waals surface area (Å²) in [6, 6.07) is 4.94. The minimum atomic E-state index is -0.409. The zero-order chi connectivity index (χ0) is 12.1. The third-order valence-electron chi connectivity index (χ3n) is 2.04. The van der Waals surface area contributed by atoms with E-state index in [1.807, 2.05) is 13.0 Å². The van der Waals surface area contributed by atoms with Crippen molar-refractivity contribution in [1.82, 2.24) is 0 Å². The van der Waals surface area contributed by atoms with Crippen LogP contribution < -0.4 is 0 Å². The molecular formula is C11H14N2O3. The SMILES string of the molecule is CC(C)=NOCc1c(C)cccc1[N+](=O)[O-]. The number of oxime groups is 1. The van der Waals surface area contributed by atoms with Crippen LogP contribution in [0.4, 0.5) is 5.69 Å². The first kappa shape index (κ1) is 12.2. The molecule has 0 spiro atoms. The van der Waals surface area contributed by atoms with Crippen molar-refractivity contribution >= 4 is 11.4 Å². The normalized spacial score (nSPS) is 9.69. The number of benzene rings is 1. The van der Waals surface area contributed by atoms with Crippen molar-refractivity contribution in [2.24, 2.45) is 5.16 Å². The summed E-state index contributed by atoms with van der Waals surface area (Å²) in [6.07, 6.45) is 0. The average Bonchev–Trinajstić information content (AvgIpc) is 2.19. The van der Waals surface area contributed by atoms with Gasteiger partial charge in [-0.25, -0.2) is 0 Å². The molecule has 0 radical (unpaired) electrons. The highest BCUT2D eigenvalue weighted by molar-refractivity contribution is 5.78. The molecule has 0 bridgehead atoms. The van der Waals surface area contributed by atoms with E-state index < -0.39 is 4.92 Å². The van der Waals surface area contributed by atoms with Crippen LogP contribution in [0.5, 0.6) is 0 Å². The number of aryl methyl sites for hydroxylation is 1. The summed E-state index contributed by atoms with van der Waals surface area (Å²) in [7, 11) is 0. The number of hydrogen-bond acceptors (Lipinski definition) is 4. The van der Waals surface area contributed by atoms with E-state index in [-0.39, 0.29) is 12.3 Å². The molecule has 1 aromatic carbocycles. The lowest BCUT2D eigenvalue weighted by molar-refractivity contribution is -0.386. The number of nitro benzene ring substituents is 1. The molecule has 0 aliphatic carbocycles. The van der Waals surface area contributed by atoms with Gasteiger partial charge in [0, 0.05) is 6.07 Å². The molecule has 5 nitrogen and oxygen atoms in total. The Labute approximate surface area is 93.9 Å². The van der Waals surface area contributed by atoms with Gasteiger partial charge in [-0.05, 0) is 26.3 Å². The second kappa shape index (κ2) is 5.25. The molecule has 86 valence electrons. The van der Waals surface area contributed by atoms with Crippen LogP contribution in [-0.2, 0) is 11.4 Å². The van der Waals surface area contributed by atoms with E-state index in [1.165, 1.54) is 6.07 Å². The van der Waals surface area contributed by atoms with Gasteiger partial charge in [-0.2, -0.15) is 0 Å².